The Balaban J connectivity index is 1.57. The molecular weight excluding hydrogens is 496 g/mol. The zero-order chi connectivity index (χ0) is 23.6. The molecule has 0 saturated heterocycles. The Labute approximate surface area is 208 Å². The van der Waals surface area contributed by atoms with Gasteiger partial charge in [-0.25, -0.2) is 0 Å². The standard InChI is InChI=1S/C26H31BrN4OS/c1-17(24(32)28-21-15-13-20(27)14-16-21)33-25-30-29-23(31(25)22-7-5-6-8-22)18-9-11-19(12-10-18)26(2,3)4/h9-17,22H,5-8H2,1-4H3,(H,28,32)/t17-/m1/s1. The lowest BCUT2D eigenvalue weighted by atomic mass is 9.86. The van der Waals surface area contributed by atoms with Crippen molar-refractivity contribution in [1.82, 2.24) is 14.8 Å². The molecule has 1 saturated carbocycles. The fraction of sp³-hybridized carbons (Fsp3) is 0.423. The Kier molecular flexibility index (Phi) is 7.29. The Morgan fingerprint density at radius 3 is 2.30 bits per heavy atom. The highest BCUT2D eigenvalue weighted by molar-refractivity contribution is 9.10. The number of amides is 1. The molecule has 0 bridgehead atoms. The molecule has 0 unspecified atom stereocenters. The second-order valence-corrected chi connectivity index (χ2v) is 11.9. The maximum Gasteiger partial charge on any atom is 0.237 e. The number of thioether (sulfide) groups is 1. The van der Waals surface area contributed by atoms with E-state index in [1.165, 1.54) is 30.2 Å². The van der Waals surface area contributed by atoms with Gasteiger partial charge in [0.1, 0.15) is 0 Å². The van der Waals surface area contributed by atoms with Crippen LogP contribution in [0.5, 0.6) is 0 Å². The lowest BCUT2D eigenvalue weighted by Crippen LogP contribution is -2.23. The zero-order valence-corrected chi connectivity index (χ0v) is 22.0. The SMILES string of the molecule is C[C@@H](Sc1nnc(-c2ccc(C(C)(C)C)cc2)n1C1CCCC1)C(=O)Nc1ccc(Br)cc1. The van der Waals surface area contributed by atoms with Gasteiger partial charge in [-0.1, -0.05) is 85.6 Å². The van der Waals surface area contributed by atoms with E-state index in [2.05, 4.69) is 81.0 Å². The number of halogens is 1. The predicted molar refractivity (Wildman–Crippen MR) is 140 cm³/mol. The molecule has 1 aromatic heterocycles. The number of aromatic nitrogens is 3. The van der Waals surface area contributed by atoms with Crippen LogP contribution in [0, 0.1) is 0 Å². The quantitative estimate of drug-likeness (QED) is 0.344. The van der Waals surface area contributed by atoms with Crippen molar-refractivity contribution in [2.45, 2.75) is 75.2 Å². The summed E-state index contributed by atoms with van der Waals surface area (Å²) in [6.07, 6.45) is 4.68. The van der Waals surface area contributed by atoms with Gasteiger partial charge in [0.05, 0.1) is 5.25 Å². The second-order valence-electron chi connectivity index (χ2n) is 9.70. The van der Waals surface area contributed by atoms with E-state index in [0.717, 1.165) is 39.5 Å². The minimum absolute atomic E-state index is 0.0422. The van der Waals surface area contributed by atoms with Crippen molar-refractivity contribution in [3.8, 4) is 11.4 Å². The monoisotopic (exact) mass is 526 g/mol. The van der Waals surface area contributed by atoms with Gasteiger partial charge in [0.2, 0.25) is 5.91 Å². The topological polar surface area (TPSA) is 59.8 Å². The second kappa shape index (κ2) is 10.0. The highest BCUT2D eigenvalue weighted by Crippen LogP contribution is 2.38. The fourth-order valence-electron chi connectivity index (χ4n) is 4.15. The molecule has 2 aromatic carbocycles. The summed E-state index contributed by atoms with van der Waals surface area (Å²) in [5.41, 5.74) is 3.26. The van der Waals surface area contributed by atoms with Gasteiger partial charge in [-0.3, -0.25) is 9.36 Å². The molecule has 1 aliphatic rings. The largest absolute Gasteiger partial charge is 0.325 e. The smallest absolute Gasteiger partial charge is 0.237 e. The molecule has 3 aromatic rings. The summed E-state index contributed by atoms with van der Waals surface area (Å²) in [6.45, 7) is 8.58. The summed E-state index contributed by atoms with van der Waals surface area (Å²) in [6, 6.07) is 16.7. The molecule has 1 aliphatic carbocycles. The number of carbonyl (C=O) groups is 1. The maximum atomic E-state index is 12.8. The number of nitrogens with one attached hydrogen (secondary N) is 1. The van der Waals surface area contributed by atoms with Gasteiger partial charge >= 0.3 is 0 Å². The van der Waals surface area contributed by atoms with Crippen LogP contribution < -0.4 is 5.32 Å². The average molecular weight is 528 g/mol. The molecule has 1 atom stereocenters. The van der Waals surface area contributed by atoms with E-state index >= 15 is 0 Å². The summed E-state index contributed by atoms with van der Waals surface area (Å²) < 4.78 is 3.25. The van der Waals surface area contributed by atoms with Crippen molar-refractivity contribution >= 4 is 39.3 Å². The van der Waals surface area contributed by atoms with Gasteiger partial charge < -0.3 is 5.32 Å². The first-order chi connectivity index (χ1) is 15.7. The molecule has 1 amide bonds. The van der Waals surface area contributed by atoms with E-state index in [1.54, 1.807) is 0 Å². The molecule has 174 valence electrons. The van der Waals surface area contributed by atoms with Crippen molar-refractivity contribution < 1.29 is 4.79 Å². The highest BCUT2D eigenvalue weighted by Gasteiger charge is 2.27. The van der Waals surface area contributed by atoms with Crippen molar-refractivity contribution in [3.05, 3.63) is 58.6 Å². The third-order valence-electron chi connectivity index (χ3n) is 6.13. The van der Waals surface area contributed by atoms with Gasteiger partial charge in [-0.2, -0.15) is 0 Å². The first-order valence-electron chi connectivity index (χ1n) is 11.5. The highest BCUT2D eigenvalue weighted by atomic mass is 79.9. The van der Waals surface area contributed by atoms with Crippen LogP contribution >= 0.6 is 27.7 Å². The van der Waals surface area contributed by atoms with Gasteiger partial charge in [0.25, 0.3) is 0 Å². The molecule has 1 fully saturated rings. The Bertz CT molecular complexity index is 1100. The summed E-state index contributed by atoms with van der Waals surface area (Å²) in [7, 11) is 0. The lowest BCUT2D eigenvalue weighted by Gasteiger charge is -2.20. The van der Waals surface area contributed by atoms with E-state index in [0.29, 0.717) is 6.04 Å². The van der Waals surface area contributed by atoms with Crippen molar-refractivity contribution in [1.29, 1.82) is 0 Å². The Hall–Kier alpha value is -2.12. The van der Waals surface area contributed by atoms with E-state index in [9.17, 15) is 4.79 Å². The number of nitrogens with zero attached hydrogens (tertiary/aromatic N) is 3. The third-order valence-corrected chi connectivity index (χ3v) is 7.71. The number of hydrogen-bond acceptors (Lipinski definition) is 4. The molecule has 33 heavy (non-hydrogen) atoms. The minimum Gasteiger partial charge on any atom is -0.325 e. The Morgan fingerprint density at radius 2 is 1.70 bits per heavy atom. The summed E-state index contributed by atoms with van der Waals surface area (Å²) >= 11 is 4.90. The van der Waals surface area contributed by atoms with E-state index in [4.69, 9.17) is 0 Å². The van der Waals surface area contributed by atoms with Crippen molar-refractivity contribution in [3.63, 3.8) is 0 Å². The maximum absolute atomic E-state index is 12.8. The molecule has 5 nitrogen and oxygen atoms in total. The normalized spacial score (nSPS) is 15.5. The van der Waals surface area contributed by atoms with Gasteiger partial charge in [-0.05, 0) is 55.0 Å². The van der Waals surface area contributed by atoms with Gasteiger partial charge in [-0.15, -0.1) is 10.2 Å². The molecule has 0 radical (unpaired) electrons. The number of anilines is 1. The average Bonchev–Trinajstić information content (AvgIpc) is 3.44. The van der Waals surface area contributed by atoms with E-state index in [1.807, 2.05) is 31.2 Å². The zero-order valence-electron chi connectivity index (χ0n) is 19.6. The number of hydrogen-bond donors (Lipinski definition) is 1. The van der Waals surface area contributed by atoms with Crippen LogP contribution in [0.1, 0.15) is 65.0 Å². The van der Waals surface area contributed by atoms with Crippen LogP contribution in [-0.4, -0.2) is 25.9 Å². The van der Waals surface area contributed by atoms with Crippen molar-refractivity contribution in [2.75, 3.05) is 5.32 Å². The number of benzene rings is 2. The van der Waals surface area contributed by atoms with Crippen LogP contribution in [0.25, 0.3) is 11.4 Å². The molecule has 0 spiro atoms. The van der Waals surface area contributed by atoms with E-state index < -0.39 is 0 Å². The van der Waals surface area contributed by atoms with Crippen LogP contribution in [0.4, 0.5) is 5.69 Å². The first kappa shape index (κ1) is 24.0. The molecule has 1 heterocycles. The molecule has 7 heteroatoms. The van der Waals surface area contributed by atoms with Crippen LogP contribution in [0.3, 0.4) is 0 Å². The predicted octanol–water partition coefficient (Wildman–Crippen LogP) is 7.24. The summed E-state index contributed by atoms with van der Waals surface area (Å²) in [4.78, 5) is 12.8. The molecule has 4 rings (SSSR count). The fourth-order valence-corrected chi connectivity index (χ4v) is 5.34. The lowest BCUT2D eigenvalue weighted by molar-refractivity contribution is -0.115. The van der Waals surface area contributed by atoms with Gasteiger partial charge in [0.15, 0.2) is 11.0 Å². The minimum atomic E-state index is -0.297. The number of rotatable bonds is 6. The van der Waals surface area contributed by atoms with Crippen LogP contribution in [0.15, 0.2) is 58.2 Å². The first-order valence-corrected chi connectivity index (χ1v) is 13.2. The van der Waals surface area contributed by atoms with Gasteiger partial charge in [0, 0.05) is 21.8 Å². The molecule has 0 aliphatic heterocycles. The Morgan fingerprint density at radius 1 is 1.06 bits per heavy atom. The molecular formula is C26H31BrN4OS. The summed E-state index contributed by atoms with van der Waals surface area (Å²) in [5, 5.41) is 12.6. The van der Waals surface area contributed by atoms with Crippen LogP contribution in [-0.2, 0) is 10.2 Å². The summed E-state index contributed by atoms with van der Waals surface area (Å²) in [5.74, 6) is 0.852. The van der Waals surface area contributed by atoms with Crippen molar-refractivity contribution in [2.24, 2.45) is 0 Å². The number of carbonyl (C=O) groups excluding carboxylic acids is 1. The molecule has 1 N–H and O–H groups in total. The third kappa shape index (κ3) is 5.69. The van der Waals surface area contributed by atoms with Crippen LogP contribution in [0.2, 0.25) is 0 Å². The van der Waals surface area contributed by atoms with E-state index in [-0.39, 0.29) is 16.6 Å².